The van der Waals surface area contributed by atoms with E-state index in [1.807, 2.05) is 0 Å². The monoisotopic (exact) mass is 232 g/mol. The standard InChI is InChI=1S/C10H20N2O2S/c1-3-9-8-12(5-7-14-9)10(15)11-4-6-13-2/h9H,3-8H2,1-2H3,(H,11,15). The Kier molecular flexibility index (Phi) is 5.90. The second-order valence-electron chi connectivity index (χ2n) is 3.57. The Morgan fingerprint density at radius 3 is 3.13 bits per heavy atom. The van der Waals surface area contributed by atoms with Crippen LogP contribution in [0, 0.1) is 0 Å². The molecule has 1 aliphatic rings. The van der Waals surface area contributed by atoms with Gasteiger partial charge in [0.05, 0.1) is 19.3 Å². The van der Waals surface area contributed by atoms with E-state index in [4.69, 9.17) is 21.7 Å². The van der Waals surface area contributed by atoms with Gasteiger partial charge in [0, 0.05) is 26.7 Å². The summed E-state index contributed by atoms with van der Waals surface area (Å²) in [6.07, 6.45) is 1.36. The number of rotatable bonds is 4. The molecule has 0 aliphatic carbocycles. The molecule has 15 heavy (non-hydrogen) atoms. The summed E-state index contributed by atoms with van der Waals surface area (Å²) in [4.78, 5) is 2.17. The lowest BCUT2D eigenvalue weighted by molar-refractivity contribution is -0.00727. The summed E-state index contributed by atoms with van der Waals surface area (Å²) >= 11 is 5.29. The van der Waals surface area contributed by atoms with Crippen LogP contribution in [0.3, 0.4) is 0 Å². The van der Waals surface area contributed by atoms with E-state index in [-0.39, 0.29) is 0 Å². The number of morpholine rings is 1. The van der Waals surface area contributed by atoms with Gasteiger partial charge in [-0.15, -0.1) is 0 Å². The van der Waals surface area contributed by atoms with Gasteiger partial charge in [-0.3, -0.25) is 0 Å². The smallest absolute Gasteiger partial charge is 0.169 e. The van der Waals surface area contributed by atoms with Crippen LogP contribution in [0.5, 0.6) is 0 Å². The molecule has 0 aromatic rings. The first-order valence-electron chi connectivity index (χ1n) is 5.41. The van der Waals surface area contributed by atoms with Crippen LogP contribution in [0.4, 0.5) is 0 Å². The molecule has 4 nitrogen and oxygen atoms in total. The van der Waals surface area contributed by atoms with Gasteiger partial charge >= 0.3 is 0 Å². The van der Waals surface area contributed by atoms with Crippen LogP contribution in [0.15, 0.2) is 0 Å². The molecule has 1 aliphatic heterocycles. The molecule has 0 amide bonds. The molecule has 1 unspecified atom stereocenters. The Balaban J connectivity index is 2.25. The van der Waals surface area contributed by atoms with E-state index in [1.54, 1.807) is 7.11 Å². The summed E-state index contributed by atoms with van der Waals surface area (Å²) in [6.45, 7) is 6.13. The molecule has 5 heteroatoms. The summed E-state index contributed by atoms with van der Waals surface area (Å²) in [7, 11) is 1.69. The van der Waals surface area contributed by atoms with Crippen molar-refractivity contribution in [3.8, 4) is 0 Å². The van der Waals surface area contributed by atoms with E-state index in [2.05, 4.69) is 17.1 Å². The number of nitrogens with zero attached hydrogens (tertiary/aromatic N) is 1. The molecule has 1 rings (SSSR count). The van der Waals surface area contributed by atoms with Gasteiger partial charge in [-0.25, -0.2) is 0 Å². The van der Waals surface area contributed by atoms with Gasteiger partial charge < -0.3 is 19.7 Å². The molecule has 0 aromatic heterocycles. The summed E-state index contributed by atoms with van der Waals surface area (Å²) in [5, 5.41) is 3.99. The molecule has 1 heterocycles. The van der Waals surface area contributed by atoms with Gasteiger partial charge in [0.15, 0.2) is 5.11 Å². The number of thiocarbonyl (C=S) groups is 1. The molecule has 88 valence electrons. The minimum Gasteiger partial charge on any atom is -0.383 e. The van der Waals surface area contributed by atoms with Gasteiger partial charge in [-0.2, -0.15) is 0 Å². The highest BCUT2D eigenvalue weighted by molar-refractivity contribution is 7.80. The normalized spacial score (nSPS) is 21.5. The molecule has 1 fully saturated rings. The Morgan fingerprint density at radius 1 is 1.67 bits per heavy atom. The SMILES string of the molecule is CCC1CN(C(=S)NCCOC)CCO1. The molecule has 0 aromatic carbocycles. The van der Waals surface area contributed by atoms with Crippen molar-refractivity contribution in [2.45, 2.75) is 19.4 Å². The van der Waals surface area contributed by atoms with Crippen LogP contribution in [-0.2, 0) is 9.47 Å². The van der Waals surface area contributed by atoms with Crippen LogP contribution in [0.25, 0.3) is 0 Å². The van der Waals surface area contributed by atoms with Crippen LogP contribution in [0.2, 0.25) is 0 Å². The van der Waals surface area contributed by atoms with Crippen LogP contribution in [-0.4, -0.2) is 56.1 Å². The predicted octanol–water partition coefficient (Wildman–Crippen LogP) is 0.618. The number of ether oxygens (including phenoxy) is 2. The largest absolute Gasteiger partial charge is 0.383 e. The van der Waals surface area contributed by atoms with Crippen LogP contribution < -0.4 is 5.32 Å². The maximum absolute atomic E-state index is 5.58. The zero-order valence-corrected chi connectivity index (χ0v) is 10.3. The minimum absolute atomic E-state index is 0.320. The molecular weight excluding hydrogens is 212 g/mol. The van der Waals surface area contributed by atoms with E-state index in [0.717, 1.165) is 37.8 Å². The summed E-state index contributed by atoms with van der Waals surface area (Å²) in [5.74, 6) is 0. The third-order valence-electron chi connectivity index (χ3n) is 2.46. The van der Waals surface area contributed by atoms with Gasteiger partial charge in [0.1, 0.15) is 0 Å². The third kappa shape index (κ3) is 4.32. The van der Waals surface area contributed by atoms with Gasteiger partial charge in [-0.1, -0.05) is 6.92 Å². The van der Waals surface area contributed by atoms with Crippen molar-refractivity contribution in [1.82, 2.24) is 10.2 Å². The van der Waals surface area contributed by atoms with Crippen molar-refractivity contribution < 1.29 is 9.47 Å². The molecule has 0 saturated carbocycles. The molecule has 0 bridgehead atoms. The van der Waals surface area contributed by atoms with E-state index >= 15 is 0 Å². The first kappa shape index (κ1) is 12.7. The zero-order chi connectivity index (χ0) is 11.1. The maximum Gasteiger partial charge on any atom is 0.169 e. The maximum atomic E-state index is 5.58. The van der Waals surface area contributed by atoms with Crippen molar-refractivity contribution in [2.75, 3.05) is 40.0 Å². The highest BCUT2D eigenvalue weighted by atomic mass is 32.1. The Bertz CT molecular complexity index is 202. The van der Waals surface area contributed by atoms with Crippen molar-refractivity contribution in [1.29, 1.82) is 0 Å². The Hall–Kier alpha value is -0.390. The first-order chi connectivity index (χ1) is 7.27. The lowest BCUT2D eigenvalue weighted by atomic mass is 10.2. The highest BCUT2D eigenvalue weighted by Crippen LogP contribution is 2.08. The third-order valence-corrected chi connectivity index (χ3v) is 2.87. The van der Waals surface area contributed by atoms with Gasteiger partial charge in [-0.05, 0) is 18.6 Å². The van der Waals surface area contributed by atoms with E-state index in [0.29, 0.717) is 12.7 Å². The van der Waals surface area contributed by atoms with E-state index in [9.17, 15) is 0 Å². The summed E-state index contributed by atoms with van der Waals surface area (Å²) < 4.78 is 10.5. The van der Waals surface area contributed by atoms with Crippen LogP contribution >= 0.6 is 12.2 Å². The summed E-state index contributed by atoms with van der Waals surface area (Å²) in [5.41, 5.74) is 0. The highest BCUT2D eigenvalue weighted by Gasteiger charge is 2.20. The number of methoxy groups -OCH3 is 1. The van der Waals surface area contributed by atoms with Gasteiger partial charge in [0.25, 0.3) is 0 Å². The van der Waals surface area contributed by atoms with E-state index in [1.165, 1.54) is 0 Å². The fourth-order valence-corrected chi connectivity index (χ4v) is 1.79. The molecule has 1 atom stereocenters. The molecule has 0 spiro atoms. The average Bonchev–Trinajstić information content (AvgIpc) is 2.29. The second kappa shape index (κ2) is 6.98. The Morgan fingerprint density at radius 2 is 2.47 bits per heavy atom. The number of hydrogen-bond acceptors (Lipinski definition) is 3. The predicted molar refractivity (Wildman–Crippen MR) is 64.1 cm³/mol. The molecular formula is C10H20N2O2S. The topological polar surface area (TPSA) is 33.7 Å². The van der Waals surface area contributed by atoms with Crippen molar-refractivity contribution in [2.24, 2.45) is 0 Å². The second-order valence-corrected chi connectivity index (χ2v) is 3.96. The molecule has 1 saturated heterocycles. The lowest BCUT2D eigenvalue weighted by Gasteiger charge is -2.34. The van der Waals surface area contributed by atoms with Crippen molar-refractivity contribution >= 4 is 17.3 Å². The molecule has 0 radical (unpaired) electrons. The quantitative estimate of drug-likeness (QED) is 0.567. The van der Waals surface area contributed by atoms with Crippen molar-refractivity contribution in [3.05, 3.63) is 0 Å². The lowest BCUT2D eigenvalue weighted by Crippen LogP contribution is -2.49. The van der Waals surface area contributed by atoms with Crippen molar-refractivity contribution in [3.63, 3.8) is 0 Å². The fourth-order valence-electron chi connectivity index (χ4n) is 1.52. The molecule has 1 N–H and O–H groups in total. The average molecular weight is 232 g/mol. The number of hydrogen-bond donors (Lipinski definition) is 1. The summed E-state index contributed by atoms with van der Waals surface area (Å²) in [6, 6.07) is 0. The zero-order valence-electron chi connectivity index (χ0n) is 9.49. The Labute approximate surface area is 96.9 Å². The number of nitrogens with one attached hydrogen (secondary N) is 1. The minimum atomic E-state index is 0.320. The van der Waals surface area contributed by atoms with E-state index < -0.39 is 0 Å². The van der Waals surface area contributed by atoms with Crippen LogP contribution in [0.1, 0.15) is 13.3 Å². The first-order valence-corrected chi connectivity index (χ1v) is 5.82. The van der Waals surface area contributed by atoms with Gasteiger partial charge in [0.2, 0.25) is 0 Å². The fraction of sp³-hybridized carbons (Fsp3) is 0.900.